The Bertz CT molecular complexity index is 1030. The second kappa shape index (κ2) is 7.69. The van der Waals surface area contributed by atoms with Crippen LogP contribution in [0.3, 0.4) is 0 Å². The third-order valence-electron chi connectivity index (χ3n) is 4.47. The first-order valence-corrected chi connectivity index (χ1v) is 9.90. The summed E-state index contributed by atoms with van der Waals surface area (Å²) in [6, 6.07) is 6.64. The molecule has 8 nitrogen and oxygen atoms in total. The molecular formula is C18H17ClN6O2S. The number of halogens is 1. The summed E-state index contributed by atoms with van der Waals surface area (Å²) >= 11 is 7.15. The molecule has 2 aromatic heterocycles. The summed E-state index contributed by atoms with van der Waals surface area (Å²) < 4.78 is 0. The molecule has 1 aromatic carbocycles. The second-order valence-electron chi connectivity index (χ2n) is 6.33. The molecule has 0 radical (unpaired) electrons. The first kappa shape index (κ1) is 18.6. The van der Waals surface area contributed by atoms with E-state index in [0.717, 1.165) is 0 Å². The van der Waals surface area contributed by atoms with E-state index in [-0.39, 0.29) is 11.8 Å². The number of carbonyl (C=O) groups is 2. The Balaban J connectivity index is 1.48. The van der Waals surface area contributed by atoms with Gasteiger partial charge in [-0.2, -0.15) is 4.98 Å². The lowest BCUT2D eigenvalue weighted by Crippen LogP contribution is -2.48. The highest BCUT2D eigenvalue weighted by Gasteiger charge is 2.21. The van der Waals surface area contributed by atoms with Crippen LogP contribution in [0.5, 0.6) is 0 Å². The van der Waals surface area contributed by atoms with Crippen molar-refractivity contribution in [2.45, 2.75) is 6.92 Å². The molecule has 10 heteroatoms. The topological polar surface area (TPSA) is 91.3 Å². The van der Waals surface area contributed by atoms with Crippen molar-refractivity contribution in [2.75, 3.05) is 36.4 Å². The standard InChI is InChI=1S/C18H17ClN6O2S/c1-11(26)24-6-8-25(9-7-24)17-20-10-14-16(23-17)28-18(21-14)22-15(27)12-2-4-13(19)5-3-12/h2-5,10H,6-9H2,1H3,(H,21,22,27). The maximum absolute atomic E-state index is 12.3. The van der Waals surface area contributed by atoms with Gasteiger partial charge in [0.2, 0.25) is 11.9 Å². The van der Waals surface area contributed by atoms with Crippen LogP contribution in [0.4, 0.5) is 11.1 Å². The van der Waals surface area contributed by atoms with Gasteiger partial charge in [-0.15, -0.1) is 0 Å². The number of anilines is 2. The van der Waals surface area contributed by atoms with Gasteiger partial charge in [0.15, 0.2) is 9.96 Å². The van der Waals surface area contributed by atoms with Crippen LogP contribution in [-0.4, -0.2) is 57.8 Å². The predicted molar refractivity (Wildman–Crippen MR) is 109 cm³/mol. The van der Waals surface area contributed by atoms with Gasteiger partial charge in [0.05, 0.1) is 6.20 Å². The van der Waals surface area contributed by atoms with E-state index >= 15 is 0 Å². The highest BCUT2D eigenvalue weighted by molar-refractivity contribution is 7.22. The molecule has 0 spiro atoms. The van der Waals surface area contributed by atoms with Crippen LogP contribution < -0.4 is 10.2 Å². The summed E-state index contributed by atoms with van der Waals surface area (Å²) in [5.74, 6) is 0.429. The lowest BCUT2D eigenvalue weighted by atomic mass is 10.2. The van der Waals surface area contributed by atoms with Gasteiger partial charge in [0.25, 0.3) is 5.91 Å². The summed E-state index contributed by atoms with van der Waals surface area (Å²) in [6.07, 6.45) is 1.66. The lowest BCUT2D eigenvalue weighted by Gasteiger charge is -2.34. The van der Waals surface area contributed by atoms with Crippen LogP contribution in [-0.2, 0) is 4.79 Å². The maximum Gasteiger partial charge on any atom is 0.257 e. The molecule has 1 aliphatic rings. The van der Waals surface area contributed by atoms with Gasteiger partial charge in [0, 0.05) is 43.7 Å². The zero-order valence-corrected chi connectivity index (χ0v) is 16.6. The van der Waals surface area contributed by atoms with Crippen molar-refractivity contribution in [3.63, 3.8) is 0 Å². The van der Waals surface area contributed by atoms with Crippen molar-refractivity contribution in [2.24, 2.45) is 0 Å². The molecule has 1 N–H and O–H groups in total. The van der Waals surface area contributed by atoms with E-state index in [1.165, 1.54) is 11.3 Å². The Kier molecular flexibility index (Phi) is 5.10. The Morgan fingerprint density at radius 1 is 1.11 bits per heavy atom. The minimum Gasteiger partial charge on any atom is -0.339 e. The van der Waals surface area contributed by atoms with Gasteiger partial charge in [0.1, 0.15) is 5.52 Å². The highest BCUT2D eigenvalue weighted by atomic mass is 35.5. The number of thiazole rings is 1. The van der Waals surface area contributed by atoms with E-state index in [1.807, 2.05) is 9.80 Å². The second-order valence-corrected chi connectivity index (χ2v) is 7.75. The molecule has 4 rings (SSSR count). The number of carbonyl (C=O) groups excluding carboxylic acids is 2. The number of benzene rings is 1. The monoisotopic (exact) mass is 416 g/mol. The summed E-state index contributed by atoms with van der Waals surface area (Å²) in [5.41, 5.74) is 1.13. The summed E-state index contributed by atoms with van der Waals surface area (Å²) in [4.78, 5) is 41.7. The molecule has 0 atom stereocenters. The van der Waals surface area contributed by atoms with E-state index in [0.29, 0.717) is 58.2 Å². The number of aromatic nitrogens is 3. The normalized spacial score (nSPS) is 14.4. The molecule has 3 heterocycles. The average molecular weight is 417 g/mol. The van der Waals surface area contributed by atoms with E-state index in [9.17, 15) is 9.59 Å². The van der Waals surface area contributed by atoms with Crippen LogP contribution >= 0.6 is 22.9 Å². The van der Waals surface area contributed by atoms with Crippen molar-refractivity contribution in [1.29, 1.82) is 0 Å². The van der Waals surface area contributed by atoms with E-state index < -0.39 is 0 Å². The zero-order valence-electron chi connectivity index (χ0n) is 15.1. The van der Waals surface area contributed by atoms with Gasteiger partial charge < -0.3 is 9.80 Å². The van der Waals surface area contributed by atoms with E-state index in [4.69, 9.17) is 11.6 Å². The number of nitrogens with one attached hydrogen (secondary N) is 1. The van der Waals surface area contributed by atoms with Crippen molar-refractivity contribution in [3.8, 4) is 0 Å². The molecule has 1 fully saturated rings. The number of fused-ring (bicyclic) bond motifs is 1. The first-order chi connectivity index (χ1) is 13.5. The molecule has 0 unspecified atom stereocenters. The van der Waals surface area contributed by atoms with Crippen molar-refractivity contribution < 1.29 is 9.59 Å². The molecule has 0 aliphatic carbocycles. The highest BCUT2D eigenvalue weighted by Crippen LogP contribution is 2.26. The smallest absolute Gasteiger partial charge is 0.257 e. The third-order valence-corrected chi connectivity index (χ3v) is 5.61. The summed E-state index contributed by atoms with van der Waals surface area (Å²) in [6.45, 7) is 4.26. The number of piperazine rings is 1. The van der Waals surface area contributed by atoms with Crippen LogP contribution in [0.15, 0.2) is 30.5 Å². The number of hydrogen-bond donors (Lipinski definition) is 1. The zero-order chi connectivity index (χ0) is 19.7. The van der Waals surface area contributed by atoms with Crippen molar-refractivity contribution in [1.82, 2.24) is 19.9 Å². The van der Waals surface area contributed by atoms with Crippen molar-refractivity contribution >= 4 is 56.2 Å². The fraction of sp³-hybridized carbons (Fsp3) is 0.278. The fourth-order valence-corrected chi connectivity index (χ4v) is 3.85. The van der Waals surface area contributed by atoms with Crippen LogP contribution in [0.1, 0.15) is 17.3 Å². The largest absolute Gasteiger partial charge is 0.339 e. The number of nitrogens with zero attached hydrogens (tertiary/aromatic N) is 5. The number of rotatable bonds is 3. The first-order valence-electron chi connectivity index (χ1n) is 8.70. The maximum atomic E-state index is 12.3. The van der Waals surface area contributed by atoms with Crippen LogP contribution in [0, 0.1) is 0 Å². The quantitative estimate of drug-likeness (QED) is 0.705. The third kappa shape index (κ3) is 3.90. The molecule has 1 aliphatic heterocycles. The Morgan fingerprint density at radius 3 is 2.50 bits per heavy atom. The molecule has 1 saturated heterocycles. The van der Waals surface area contributed by atoms with Crippen molar-refractivity contribution in [3.05, 3.63) is 41.0 Å². The number of hydrogen-bond acceptors (Lipinski definition) is 7. The van der Waals surface area contributed by atoms with E-state index in [2.05, 4.69) is 20.3 Å². The van der Waals surface area contributed by atoms with Gasteiger partial charge in [-0.05, 0) is 24.3 Å². The van der Waals surface area contributed by atoms with E-state index in [1.54, 1.807) is 37.4 Å². The summed E-state index contributed by atoms with van der Waals surface area (Å²) in [5, 5.41) is 3.82. The van der Waals surface area contributed by atoms with Crippen LogP contribution in [0.2, 0.25) is 5.02 Å². The molecule has 28 heavy (non-hydrogen) atoms. The van der Waals surface area contributed by atoms with Gasteiger partial charge in [-0.3, -0.25) is 14.9 Å². The fourth-order valence-electron chi connectivity index (χ4n) is 2.92. The van der Waals surface area contributed by atoms with Gasteiger partial charge in [-0.25, -0.2) is 9.97 Å². The SMILES string of the molecule is CC(=O)N1CCN(c2ncc3nc(NC(=O)c4ccc(Cl)cc4)sc3n2)CC1. The number of amides is 2. The molecule has 144 valence electrons. The van der Waals surface area contributed by atoms with Crippen LogP contribution in [0.25, 0.3) is 10.3 Å². The molecule has 3 aromatic rings. The predicted octanol–water partition coefficient (Wildman–Crippen LogP) is 2.66. The van der Waals surface area contributed by atoms with Gasteiger partial charge in [-0.1, -0.05) is 22.9 Å². The summed E-state index contributed by atoms with van der Waals surface area (Å²) in [7, 11) is 0. The molecule has 0 bridgehead atoms. The molecular weight excluding hydrogens is 400 g/mol. The molecule has 2 amide bonds. The Hall–Kier alpha value is -2.78. The Labute approximate surface area is 170 Å². The minimum absolute atomic E-state index is 0.0829. The molecule has 0 saturated carbocycles. The van der Waals surface area contributed by atoms with Gasteiger partial charge >= 0.3 is 0 Å². The Morgan fingerprint density at radius 2 is 1.82 bits per heavy atom. The minimum atomic E-state index is -0.260. The lowest BCUT2D eigenvalue weighted by molar-refractivity contribution is -0.129. The average Bonchev–Trinajstić information content (AvgIpc) is 3.09.